The largest absolute Gasteiger partial charge is 0.364 e. The van der Waals surface area contributed by atoms with Gasteiger partial charge in [-0.15, -0.1) is 0 Å². The highest BCUT2D eigenvalue weighted by atomic mass is 35.5. The number of hydrogen-bond donors (Lipinski definition) is 3. The van der Waals surface area contributed by atoms with Crippen molar-refractivity contribution in [3.05, 3.63) is 69.7 Å². The summed E-state index contributed by atoms with van der Waals surface area (Å²) in [6.07, 6.45) is 1.46. The minimum Gasteiger partial charge on any atom is -0.364 e. The molecule has 0 saturated heterocycles. The van der Waals surface area contributed by atoms with Crippen molar-refractivity contribution in [3.8, 4) is 5.69 Å². The van der Waals surface area contributed by atoms with Crippen LogP contribution in [0.15, 0.2) is 42.6 Å². The van der Waals surface area contributed by atoms with E-state index in [9.17, 15) is 14.0 Å². The van der Waals surface area contributed by atoms with Gasteiger partial charge in [0.15, 0.2) is 5.69 Å². The van der Waals surface area contributed by atoms with Gasteiger partial charge in [-0.05, 0) is 51.1 Å². The summed E-state index contributed by atoms with van der Waals surface area (Å²) >= 11 is 12.4. The second kappa shape index (κ2) is 8.56. The number of carbonyl (C=O) groups is 2. The van der Waals surface area contributed by atoms with E-state index in [-0.39, 0.29) is 22.6 Å². The van der Waals surface area contributed by atoms with Crippen LogP contribution in [0.5, 0.6) is 0 Å². The van der Waals surface area contributed by atoms with Gasteiger partial charge in [-0.3, -0.25) is 9.59 Å². The summed E-state index contributed by atoms with van der Waals surface area (Å²) in [5, 5.41) is 10.4. The lowest BCUT2D eigenvalue weighted by Crippen LogP contribution is -2.40. The molecule has 0 saturated carbocycles. The van der Waals surface area contributed by atoms with Crippen LogP contribution in [-0.4, -0.2) is 27.1 Å². The van der Waals surface area contributed by atoms with E-state index >= 15 is 0 Å². The van der Waals surface area contributed by atoms with Gasteiger partial charge in [-0.2, -0.15) is 5.10 Å². The zero-order valence-electron chi connectivity index (χ0n) is 17.0. The van der Waals surface area contributed by atoms with Gasteiger partial charge in [0.1, 0.15) is 11.5 Å². The third-order valence-corrected chi connectivity index (χ3v) is 4.71. The summed E-state index contributed by atoms with van der Waals surface area (Å²) in [5.41, 5.74) is 5.61. The molecule has 7 nitrogen and oxygen atoms in total. The Balaban J connectivity index is 1.94. The molecular formula is C21H20Cl2FN5O2. The summed E-state index contributed by atoms with van der Waals surface area (Å²) in [6, 6.07) is 8.91. The van der Waals surface area contributed by atoms with E-state index in [4.69, 9.17) is 28.9 Å². The maximum Gasteiger partial charge on any atom is 0.271 e. The molecule has 4 N–H and O–H groups in total. The molecule has 0 unspecified atom stereocenters. The number of aromatic nitrogens is 2. The van der Waals surface area contributed by atoms with E-state index in [2.05, 4.69) is 15.7 Å². The van der Waals surface area contributed by atoms with Crippen LogP contribution in [0.1, 0.15) is 41.6 Å². The van der Waals surface area contributed by atoms with Crippen LogP contribution < -0.4 is 16.4 Å². The second-order valence-electron chi connectivity index (χ2n) is 7.79. The topological polar surface area (TPSA) is 102 Å². The monoisotopic (exact) mass is 463 g/mol. The number of benzene rings is 2. The number of rotatable bonds is 5. The first-order chi connectivity index (χ1) is 14.5. The predicted octanol–water partition coefficient (Wildman–Crippen LogP) is 4.69. The molecule has 1 heterocycles. The summed E-state index contributed by atoms with van der Waals surface area (Å²) in [7, 11) is 0. The standard InChI is InChI=1S/C21H20Cl2FN5O2/c1-21(2,3)27-20(31)12-8-7-11(9-15(12)24)26-16-10-29(28-17(16)19(25)30)18-13(22)5-4-6-14(18)23/h4-10,26H,1-3H3,(H2,25,30)(H,27,31). The van der Waals surface area contributed by atoms with Gasteiger partial charge < -0.3 is 16.4 Å². The summed E-state index contributed by atoms with van der Waals surface area (Å²) < 4.78 is 15.9. The molecule has 0 atom stereocenters. The normalized spacial score (nSPS) is 11.3. The average Bonchev–Trinajstić information content (AvgIpc) is 3.03. The molecule has 0 aliphatic heterocycles. The van der Waals surface area contributed by atoms with Crippen molar-refractivity contribution < 1.29 is 14.0 Å². The minimum atomic E-state index is -0.800. The molecule has 2 amide bonds. The second-order valence-corrected chi connectivity index (χ2v) is 8.61. The Kier molecular flexibility index (Phi) is 6.24. The van der Waals surface area contributed by atoms with Gasteiger partial charge in [0.05, 0.1) is 27.5 Å². The average molecular weight is 464 g/mol. The molecular weight excluding hydrogens is 444 g/mol. The molecule has 31 heavy (non-hydrogen) atoms. The van der Waals surface area contributed by atoms with Crippen LogP contribution in [0.25, 0.3) is 5.69 Å². The summed E-state index contributed by atoms with van der Waals surface area (Å²) in [6.45, 7) is 5.40. The van der Waals surface area contributed by atoms with E-state index in [1.165, 1.54) is 23.0 Å². The van der Waals surface area contributed by atoms with E-state index in [1.807, 2.05) is 0 Å². The molecule has 0 aliphatic carbocycles. The lowest BCUT2D eigenvalue weighted by molar-refractivity contribution is 0.0914. The van der Waals surface area contributed by atoms with Crippen LogP contribution in [0.3, 0.4) is 0 Å². The van der Waals surface area contributed by atoms with Crippen molar-refractivity contribution in [2.24, 2.45) is 5.73 Å². The molecule has 0 spiro atoms. The highest BCUT2D eigenvalue weighted by Crippen LogP contribution is 2.30. The quantitative estimate of drug-likeness (QED) is 0.510. The number of amides is 2. The Morgan fingerprint density at radius 1 is 1.13 bits per heavy atom. The minimum absolute atomic E-state index is 0.0917. The molecule has 1 aromatic heterocycles. The van der Waals surface area contributed by atoms with Gasteiger partial charge in [0.25, 0.3) is 11.8 Å². The van der Waals surface area contributed by atoms with E-state index < -0.39 is 23.2 Å². The molecule has 3 aromatic rings. The number of nitrogens with zero attached hydrogens (tertiary/aromatic N) is 2. The Morgan fingerprint density at radius 2 is 1.77 bits per heavy atom. The highest BCUT2D eigenvalue weighted by Gasteiger charge is 2.21. The SMILES string of the molecule is CC(C)(C)NC(=O)c1ccc(Nc2cn(-c3c(Cl)cccc3Cl)nc2C(N)=O)cc1F. The van der Waals surface area contributed by atoms with Crippen molar-refractivity contribution in [3.63, 3.8) is 0 Å². The van der Waals surface area contributed by atoms with Crippen LogP contribution >= 0.6 is 23.2 Å². The zero-order chi connectivity index (χ0) is 22.9. The smallest absolute Gasteiger partial charge is 0.271 e. The lowest BCUT2D eigenvalue weighted by Gasteiger charge is -2.20. The number of para-hydroxylation sites is 1. The molecule has 0 bridgehead atoms. The third kappa shape index (κ3) is 5.15. The zero-order valence-corrected chi connectivity index (χ0v) is 18.5. The van der Waals surface area contributed by atoms with E-state index in [1.54, 1.807) is 39.0 Å². The Labute approximate surface area is 188 Å². The highest BCUT2D eigenvalue weighted by molar-refractivity contribution is 6.37. The lowest BCUT2D eigenvalue weighted by atomic mass is 10.1. The Morgan fingerprint density at radius 3 is 2.32 bits per heavy atom. The number of carbonyl (C=O) groups excluding carboxylic acids is 2. The summed E-state index contributed by atoms with van der Waals surface area (Å²) in [4.78, 5) is 24.1. The fraction of sp³-hybridized carbons (Fsp3) is 0.190. The molecule has 0 radical (unpaired) electrons. The predicted molar refractivity (Wildman–Crippen MR) is 119 cm³/mol. The van der Waals surface area contributed by atoms with Crippen molar-refractivity contribution in [1.82, 2.24) is 15.1 Å². The number of nitrogens with two attached hydrogens (primary N) is 1. The van der Waals surface area contributed by atoms with Crippen LogP contribution in [0, 0.1) is 5.82 Å². The van der Waals surface area contributed by atoms with Crippen molar-refractivity contribution in [2.45, 2.75) is 26.3 Å². The maximum atomic E-state index is 14.6. The first-order valence-corrected chi connectivity index (χ1v) is 9.95. The molecule has 0 fully saturated rings. The van der Waals surface area contributed by atoms with Gasteiger partial charge in [0, 0.05) is 11.2 Å². The number of primary amides is 1. The maximum absolute atomic E-state index is 14.6. The molecule has 3 rings (SSSR count). The number of nitrogens with one attached hydrogen (secondary N) is 2. The summed E-state index contributed by atoms with van der Waals surface area (Å²) in [5.74, 6) is -2.06. The van der Waals surface area contributed by atoms with Crippen LogP contribution in [0.4, 0.5) is 15.8 Å². The van der Waals surface area contributed by atoms with Gasteiger partial charge in [0.2, 0.25) is 0 Å². The van der Waals surface area contributed by atoms with Crippen molar-refractivity contribution in [1.29, 1.82) is 0 Å². The fourth-order valence-corrected chi connectivity index (χ4v) is 3.38. The van der Waals surface area contributed by atoms with Gasteiger partial charge in [-0.25, -0.2) is 9.07 Å². The number of anilines is 2. The fourth-order valence-electron chi connectivity index (χ4n) is 2.81. The van der Waals surface area contributed by atoms with Crippen molar-refractivity contribution in [2.75, 3.05) is 5.32 Å². The number of hydrogen-bond acceptors (Lipinski definition) is 4. The molecule has 162 valence electrons. The first-order valence-electron chi connectivity index (χ1n) is 9.19. The molecule has 2 aromatic carbocycles. The molecule has 0 aliphatic rings. The van der Waals surface area contributed by atoms with Crippen molar-refractivity contribution >= 4 is 46.4 Å². The van der Waals surface area contributed by atoms with Gasteiger partial charge >= 0.3 is 0 Å². The van der Waals surface area contributed by atoms with Crippen LogP contribution in [0.2, 0.25) is 10.0 Å². The Hall–Kier alpha value is -3.10. The third-order valence-electron chi connectivity index (χ3n) is 4.10. The van der Waals surface area contributed by atoms with E-state index in [0.29, 0.717) is 15.7 Å². The van der Waals surface area contributed by atoms with Gasteiger partial charge in [-0.1, -0.05) is 29.3 Å². The first kappa shape index (κ1) is 22.6. The molecule has 10 heteroatoms. The van der Waals surface area contributed by atoms with E-state index in [0.717, 1.165) is 6.07 Å². The number of halogens is 3. The Bertz CT molecular complexity index is 1150. The van der Waals surface area contributed by atoms with Crippen LogP contribution in [-0.2, 0) is 0 Å².